The van der Waals surface area contributed by atoms with Crippen LogP contribution in [0.25, 0.3) is 6.08 Å². The first-order chi connectivity index (χ1) is 8.81. The second-order valence-corrected chi connectivity index (χ2v) is 4.43. The molecular formula is C17H19N. The van der Waals surface area contributed by atoms with Crippen LogP contribution < -0.4 is 5.32 Å². The number of benzene rings is 2. The van der Waals surface area contributed by atoms with Crippen LogP contribution in [-0.2, 0) is 0 Å². The van der Waals surface area contributed by atoms with Crippen molar-refractivity contribution in [2.24, 2.45) is 0 Å². The van der Waals surface area contributed by atoms with Crippen molar-refractivity contribution in [2.75, 3.05) is 7.05 Å². The van der Waals surface area contributed by atoms with Crippen LogP contribution in [0, 0.1) is 0 Å². The SMILES string of the molecule is CNC(/C(C)=C/c1ccccc1)c1ccccc1. The van der Waals surface area contributed by atoms with E-state index < -0.39 is 0 Å². The molecule has 1 nitrogen and oxygen atoms in total. The maximum Gasteiger partial charge on any atom is 0.0534 e. The lowest BCUT2D eigenvalue weighted by molar-refractivity contribution is 0.681. The van der Waals surface area contributed by atoms with E-state index in [4.69, 9.17) is 0 Å². The fraction of sp³-hybridized carbons (Fsp3) is 0.176. The molecule has 1 heteroatoms. The molecular weight excluding hydrogens is 218 g/mol. The number of rotatable bonds is 4. The van der Waals surface area contributed by atoms with Gasteiger partial charge in [-0.15, -0.1) is 0 Å². The lowest BCUT2D eigenvalue weighted by Gasteiger charge is -2.17. The summed E-state index contributed by atoms with van der Waals surface area (Å²) >= 11 is 0. The maximum absolute atomic E-state index is 3.37. The first-order valence-electron chi connectivity index (χ1n) is 6.26. The Morgan fingerprint density at radius 3 is 2.06 bits per heavy atom. The van der Waals surface area contributed by atoms with Gasteiger partial charge in [0.2, 0.25) is 0 Å². The minimum absolute atomic E-state index is 0.270. The smallest absolute Gasteiger partial charge is 0.0534 e. The molecule has 2 aromatic carbocycles. The van der Waals surface area contributed by atoms with E-state index in [9.17, 15) is 0 Å². The summed E-state index contributed by atoms with van der Waals surface area (Å²) in [5, 5.41) is 3.37. The molecule has 0 heterocycles. The monoisotopic (exact) mass is 237 g/mol. The van der Waals surface area contributed by atoms with Gasteiger partial charge in [-0.05, 0) is 25.1 Å². The molecule has 2 aromatic rings. The van der Waals surface area contributed by atoms with Gasteiger partial charge < -0.3 is 5.32 Å². The maximum atomic E-state index is 3.37. The van der Waals surface area contributed by atoms with Gasteiger partial charge in [-0.3, -0.25) is 0 Å². The van der Waals surface area contributed by atoms with E-state index in [0.717, 1.165) is 0 Å². The summed E-state index contributed by atoms with van der Waals surface area (Å²) < 4.78 is 0. The van der Waals surface area contributed by atoms with Crippen molar-refractivity contribution in [2.45, 2.75) is 13.0 Å². The third-order valence-corrected chi connectivity index (χ3v) is 3.07. The van der Waals surface area contributed by atoms with Crippen molar-refractivity contribution in [1.29, 1.82) is 0 Å². The van der Waals surface area contributed by atoms with E-state index >= 15 is 0 Å². The summed E-state index contributed by atoms with van der Waals surface area (Å²) in [6, 6.07) is 21.2. The second-order valence-electron chi connectivity index (χ2n) is 4.43. The number of hydrogen-bond acceptors (Lipinski definition) is 1. The standard InChI is InChI=1S/C17H19N/c1-14(13-15-9-5-3-6-10-15)17(18-2)16-11-7-4-8-12-16/h3-13,17-18H,1-2H3/b14-13+. The second kappa shape index (κ2) is 6.18. The lowest BCUT2D eigenvalue weighted by Crippen LogP contribution is -2.17. The largest absolute Gasteiger partial charge is 0.310 e. The van der Waals surface area contributed by atoms with Gasteiger partial charge in [0, 0.05) is 0 Å². The van der Waals surface area contributed by atoms with Gasteiger partial charge in [-0.2, -0.15) is 0 Å². The van der Waals surface area contributed by atoms with Gasteiger partial charge in [-0.1, -0.05) is 72.3 Å². The van der Waals surface area contributed by atoms with Crippen LogP contribution in [0.2, 0.25) is 0 Å². The van der Waals surface area contributed by atoms with Crippen molar-refractivity contribution in [3.63, 3.8) is 0 Å². The van der Waals surface area contributed by atoms with E-state index in [2.05, 4.69) is 66.8 Å². The molecule has 92 valence electrons. The van der Waals surface area contributed by atoms with Crippen LogP contribution in [0.3, 0.4) is 0 Å². The average molecular weight is 237 g/mol. The van der Waals surface area contributed by atoms with Crippen LogP contribution in [0.5, 0.6) is 0 Å². The minimum atomic E-state index is 0.270. The molecule has 0 aliphatic carbocycles. The Morgan fingerprint density at radius 1 is 0.944 bits per heavy atom. The number of hydrogen-bond donors (Lipinski definition) is 1. The highest BCUT2D eigenvalue weighted by Gasteiger charge is 2.10. The van der Waals surface area contributed by atoms with E-state index in [-0.39, 0.29) is 6.04 Å². The topological polar surface area (TPSA) is 12.0 Å². The highest BCUT2D eigenvalue weighted by Crippen LogP contribution is 2.22. The molecule has 0 aliphatic heterocycles. The van der Waals surface area contributed by atoms with Crippen molar-refractivity contribution in [1.82, 2.24) is 5.32 Å². The fourth-order valence-electron chi connectivity index (χ4n) is 2.20. The molecule has 0 radical (unpaired) electrons. The Kier molecular flexibility index (Phi) is 4.32. The molecule has 2 rings (SSSR count). The van der Waals surface area contributed by atoms with Crippen LogP contribution in [0.15, 0.2) is 66.2 Å². The predicted octanol–water partition coefficient (Wildman–Crippen LogP) is 4.05. The number of nitrogens with one attached hydrogen (secondary N) is 1. The molecule has 18 heavy (non-hydrogen) atoms. The van der Waals surface area contributed by atoms with E-state index in [1.807, 2.05) is 19.2 Å². The molecule has 1 N–H and O–H groups in total. The average Bonchev–Trinajstić information content (AvgIpc) is 2.42. The zero-order chi connectivity index (χ0) is 12.8. The highest BCUT2D eigenvalue weighted by molar-refractivity contribution is 5.54. The van der Waals surface area contributed by atoms with Crippen molar-refractivity contribution >= 4 is 6.08 Å². The zero-order valence-electron chi connectivity index (χ0n) is 10.9. The van der Waals surface area contributed by atoms with Gasteiger partial charge in [-0.25, -0.2) is 0 Å². The van der Waals surface area contributed by atoms with Crippen LogP contribution >= 0.6 is 0 Å². The summed E-state index contributed by atoms with van der Waals surface area (Å²) in [6.07, 6.45) is 2.23. The molecule has 0 fully saturated rings. The third kappa shape index (κ3) is 3.08. The lowest BCUT2D eigenvalue weighted by atomic mass is 9.98. The molecule has 0 saturated carbocycles. The van der Waals surface area contributed by atoms with Gasteiger partial charge in [0.05, 0.1) is 6.04 Å². The van der Waals surface area contributed by atoms with Crippen LogP contribution in [0.4, 0.5) is 0 Å². The van der Waals surface area contributed by atoms with Crippen LogP contribution in [-0.4, -0.2) is 7.05 Å². The predicted molar refractivity (Wildman–Crippen MR) is 78.3 cm³/mol. The van der Waals surface area contributed by atoms with E-state index in [1.54, 1.807) is 0 Å². The molecule has 1 atom stereocenters. The highest BCUT2D eigenvalue weighted by atomic mass is 14.9. The van der Waals surface area contributed by atoms with E-state index in [0.29, 0.717) is 0 Å². The molecule has 0 aliphatic rings. The molecule has 0 amide bonds. The van der Waals surface area contributed by atoms with Gasteiger partial charge >= 0.3 is 0 Å². The van der Waals surface area contributed by atoms with E-state index in [1.165, 1.54) is 16.7 Å². The van der Waals surface area contributed by atoms with Crippen LogP contribution in [0.1, 0.15) is 24.1 Å². The Hall–Kier alpha value is -1.86. The zero-order valence-corrected chi connectivity index (χ0v) is 10.9. The van der Waals surface area contributed by atoms with Crippen molar-refractivity contribution in [3.8, 4) is 0 Å². The molecule has 0 aromatic heterocycles. The molecule has 0 saturated heterocycles. The Labute approximate surface area is 109 Å². The molecule has 0 spiro atoms. The Morgan fingerprint density at radius 2 is 1.50 bits per heavy atom. The van der Waals surface area contributed by atoms with Crippen molar-refractivity contribution in [3.05, 3.63) is 77.4 Å². The summed E-state index contributed by atoms with van der Waals surface area (Å²) in [6.45, 7) is 2.17. The first kappa shape index (κ1) is 12.6. The minimum Gasteiger partial charge on any atom is -0.310 e. The first-order valence-corrected chi connectivity index (χ1v) is 6.26. The quantitative estimate of drug-likeness (QED) is 0.846. The Balaban J connectivity index is 2.26. The fourth-order valence-corrected chi connectivity index (χ4v) is 2.20. The summed E-state index contributed by atoms with van der Waals surface area (Å²) in [5.74, 6) is 0. The van der Waals surface area contributed by atoms with Gasteiger partial charge in [0.15, 0.2) is 0 Å². The summed E-state index contributed by atoms with van der Waals surface area (Å²) in [4.78, 5) is 0. The normalized spacial score (nSPS) is 13.3. The molecule has 0 bridgehead atoms. The Bertz CT molecular complexity index is 500. The van der Waals surface area contributed by atoms with Gasteiger partial charge in [0.1, 0.15) is 0 Å². The van der Waals surface area contributed by atoms with Gasteiger partial charge in [0.25, 0.3) is 0 Å². The third-order valence-electron chi connectivity index (χ3n) is 3.07. The summed E-state index contributed by atoms with van der Waals surface area (Å²) in [5.41, 5.74) is 3.85. The number of likely N-dealkylation sites (N-methyl/N-ethyl adjacent to an activating group) is 1. The molecule has 1 unspecified atom stereocenters. The van der Waals surface area contributed by atoms with Crippen molar-refractivity contribution < 1.29 is 0 Å². The summed E-state index contributed by atoms with van der Waals surface area (Å²) in [7, 11) is 2.00.